The third-order valence-electron chi connectivity index (χ3n) is 7.21. The number of rotatable bonds is 6. The van der Waals surface area contributed by atoms with Crippen molar-refractivity contribution in [3.8, 4) is 22.5 Å². The minimum Gasteiger partial charge on any atom is -0.378 e. The molecule has 0 aliphatic carbocycles. The molecule has 45 heavy (non-hydrogen) atoms. The highest BCUT2D eigenvalue weighted by atomic mass is 19.1. The maximum absolute atomic E-state index is 15.3. The Morgan fingerprint density at radius 3 is 2.24 bits per heavy atom. The minimum atomic E-state index is -0.863. The first-order valence-electron chi connectivity index (χ1n) is 14.0. The molecule has 0 atom stereocenters. The van der Waals surface area contributed by atoms with Crippen molar-refractivity contribution in [2.24, 2.45) is 7.05 Å². The van der Waals surface area contributed by atoms with Gasteiger partial charge in [0.2, 0.25) is 0 Å². The number of hydrogen-bond donors (Lipinski definition) is 2. The molecule has 0 saturated carbocycles. The molecule has 3 aromatic heterocycles. The summed E-state index contributed by atoms with van der Waals surface area (Å²) in [6.45, 7) is 2.29. The van der Waals surface area contributed by atoms with E-state index >= 15 is 4.39 Å². The standard InChI is InChI=1S/C31H29F2N9O3/c1-40(2)30(43)19-5-7-25(23(33)13-19)38-31(44)37-24-6-4-18(12-22(24)32)28-36-26-14-20(21-16-35-41(3)17-21)15-34-27(26)29(39-28)42-8-10-45-11-9-42/h4-7,12-17H,8-11H2,1-3H3,(H2,37,38,44). The second-order valence-corrected chi connectivity index (χ2v) is 10.6. The first kappa shape index (κ1) is 29.6. The number of halogens is 2. The second-order valence-electron chi connectivity index (χ2n) is 10.6. The van der Waals surface area contributed by atoms with Gasteiger partial charge in [-0.2, -0.15) is 5.10 Å². The van der Waals surface area contributed by atoms with Gasteiger partial charge in [0.05, 0.1) is 36.3 Å². The highest BCUT2D eigenvalue weighted by molar-refractivity contribution is 6.01. The average Bonchev–Trinajstić information content (AvgIpc) is 3.48. The van der Waals surface area contributed by atoms with Gasteiger partial charge in [0, 0.05) is 68.9 Å². The Kier molecular flexibility index (Phi) is 8.04. The fourth-order valence-electron chi connectivity index (χ4n) is 4.90. The van der Waals surface area contributed by atoms with Crippen LogP contribution in [0.15, 0.2) is 61.1 Å². The number of nitrogens with one attached hydrogen (secondary N) is 2. The molecule has 230 valence electrons. The van der Waals surface area contributed by atoms with Gasteiger partial charge in [-0.15, -0.1) is 0 Å². The van der Waals surface area contributed by atoms with Crippen molar-refractivity contribution in [3.05, 3.63) is 78.3 Å². The molecular formula is C31H29F2N9O3. The van der Waals surface area contributed by atoms with E-state index in [1.165, 1.54) is 29.2 Å². The summed E-state index contributed by atoms with van der Waals surface area (Å²) >= 11 is 0. The summed E-state index contributed by atoms with van der Waals surface area (Å²) in [7, 11) is 4.92. The number of pyridine rings is 1. The van der Waals surface area contributed by atoms with E-state index < -0.39 is 17.7 Å². The summed E-state index contributed by atoms with van der Waals surface area (Å²) in [5.74, 6) is -1.05. The van der Waals surface area contributed by atoms with Crippen LogP contribution in [-0.4, -0.2) is 82.0 Å². The number of ether oxygens (including phenoxy) is 1. The van der Waals surface area contributed by atoms with Gasteiger partial charge in [-0.3, -0.25) is 14.5 Å². The molecule has 14 heteroatoms. The number of benzene rings is 2. The number of carbonyl (C=O) groups excluding carboxylic acids is 2. The van der Waals surface area contributed by atoms with E-state index in [4.69, 9.17) is 14.7 Å². The van der Waals surface area contributed by atoms with E-state index in [9.17, 15) is 14.0 Å². The van der Waals surface area contributed by atoms with Gasteiger partial charge in [0.1, 0.15) is 17.2 Å². The smallest absolute Gasteiger partial charge is 0.323 e. The van der Waals surface area contributed by atoms with Crippen LogP contribution in [-0.2, 0) is 11.8 Å². The SMILES string of the molecule is CN(C)C(=O)c1ccc(NC(=O)Nc2ccc(-c3nc(N4CCOCC4)c4ncc(-c5cnn(C)c5)cc4n3)cc2F)c(F)c1. The lowest BCUT2D eigenvalue weighted by molar-refractivity contribution is 0.0827. The van der Waals surface area contributed by atoms with E-state index in [-0.39, 0.29) is 28.7 Å². The van der Waals surface area contributed by atoms with Crippen molar-refractivity contribution in [1.82, 2.24) is 29.6 Å². The number of nitrogens with zero attached hydrogens (tertiary/aromatic N) is 7. The molecule has 0 bridgehead atoms. The minimum absolute atomic E-state index is 0.127. The van der Waals surface area contributed by atoms with Gasteiger partial charge < -0.3 is 25.2 Å². The molecule has 0 radical (unpaired) electrons. The molecule has 4 heterocycles. The number of aromatic nitrogens is 5. The fraction of sp³-hybridized carbons (Fsp3) is 0.226. The molecule has 12 nitrogen and oxygen atoms in total. The summed E-state index contributed by atoms with van der Waals surface area (Å²) in [4.78, 5) is 42.2. The lowest BCUT2D eigenvalue weighted by Crippen LogP contribution is -2.37. The summed E-state index contributed by atoms with van der Waals surface area (Å²) < 4.78 is 37.1. The van der Waals surface area contributed by atoms with Gasteiger partial charge in [-0.25, -0.2) is 23.5 Å². The topological polar surface area (TPSA) is 130 Å². The van der Waals surface area contributed by atoms with Crippen molar-refractivity contribution in [2.45, 2.75) is 0 Å². The predicted octanol–water partition coefficient (Wildman–Crippen LogP) is 4.55. The predicted molar refractivity (Wildman–Crippen MR) is 165 cm³/mol. The van der Waals surface area contributed by atoms with Crippen LogP contribution >= 0.6 is 0 Å². The molecule has 3 amide bonds. The zero-order valence-electron chi connectivity index (χ0n) is 24.7. The van der Waals surface area contributed by atoms with E-state index in [2.05, 4.69) is 25.6 Å². The van der Waals surface area contributed by atoms with Gasteiger partial charge in [0.15, 0.2) is 11.6 Å². The zero-order valence-corrected chi connectivity index (χ0v) is 24.7. The fourth-order valence-corrected chi connectivity index (χ4v) is 4.90. The zero-order chi connectivity index (χ0) is 31.7. The number of amides is 3. The van der Waals surface area contributed by atoms with Crippen molar-refractivity contribution in [1.29, 1.82) is 0 Å². The number of hydrogen-bond acceptors (Lipinski definition) is 8. The van der Waals surface area contributed by atoms with E-state index in [1.54, 1.807) is 37.2 Å². The van der Waals surface area contributed by atoms with Crippen molar-refractivity contribution in [2.75, 3.05) is 55.9 Å². The molecule has 0 spiro atoms. The molecule has 1 saturated heterocycles. The summed E-state index contributed by atoms with van der Waals surface area (Å²) in [6.07, 6.45) is 5.36. The van der Waals surface area contributed by atoms with E-state index in [0.717, 1.165) is 17.2 Å². The molecule has 2 aromatic carbocycles. The third kappa shape index (κ3) is 6.26. The molecular weight excluding hydrogens is 584 g/mol. The third-order valence-corrected chi connectivity index (χ3v) is 7.21. The van der Waals surface area contributed by atoms with Crippen LogP contribution in [0.3, 0.4) is 0 Å². The molecule has 0 unspecified atom stereocenters. The van der Waals surface area contributed by atoms with Crippen LogP contribution in [0, 0.1) is 11.6 Å². The Morgan fingerprint density at radius 1 is 0.889 bits per heavy atom. The molecule has 1 aliphatic rings. The molecule has 2 N–H and O–H groups in total. The Morgan fingerprint density at radius 2 is 1.60 bits per heavy atom. The van der Waals surface area contributed by atoms with Gasteiger partial charge in [-0.05, 0) is 42.5 Å². The average molecular weight is 614 g/mol. The maximum Gasteiger partial charge on any atom is 0.323 e. The molecule has 1 aliphatic heterocycles. The number of urea groups is 1. The first-order valence-corrected chi connectivity index (χ1v) is 14.0. The molecule has 1 fully saturated rings. The summed E-state index contributed by atoms with van der Waals surface area (Å²) in [5, 5.41) is 8.97. The number of aryl methyl sites for hydroxylation is 1. The Bertz CT molecular complexity index is 1920. The van der Waals surface area contributed by atoms with Crippen LogP contribution in [0.5, 0.6) is 0 Å². The Balaban J connectivity index is 1.27. The number of fused-ring (bicyclic) bond motifs is 1. The monoisotopic (exact) mass is 613 g/mol. The lowest BCUT2D eigenvalue weighted by Gasteiger charge is -2.28. The largest absolute Gasteiger partial charge is 0.378 e. The van der Waals surface area contributed by atoms with Crippen LogP contribution < -0.4 is 15.5 Å². The lowest BCUT2D eigenvalue weighted by atomic mass is 10.1. The van der Waals surface area contributed by atoms with Crippen molar-refractivity contribution in [3.63, 3.8) is 0 Å². The highest BCUT2D eigenvalue weighted by Crippen LogP contribution is 2.31. The van der Waals surface area contributed by atoms with Crippen LogP contribution in [0.4, 0.5) is 30.8 Å². The normalized spacial score (nSPS) is 13.1. The van der Waals surface area contributed by atoms with Gasteiger partial charge >= 0.3 is 6.03 Å². The van der Waals surface area contributed by atoms with Gasteiger partial charge in [-0.1, -0.05) is 0 Å². The number of morpholine rings is 1. The second kappa shape index (κ2) is 12.2. The highest BCUT2D eigenvalue weighted by Gasteiger charge is 2.21. The van der Waals surface area contributed by atoms with Crippen molar-refractivity contribution < 1.29 is 23.1 Å². The first-order chi connectivity index (χ1) is 21.7. The molecule has 6 rings (SSSR count). The Labute approximate surface area is 256 Å². The molecule has 5 aromatic rings. The van der Waals surface area contributed by atoms with Crippen LogP contribution in [0.2, 0.25) is 0 Å². The quantitative estimate of drug-likeness (QED) is 0.285. The van der Waals surface area contributed by atoms with Crippen LogP contribution in [0.25, 0.3) is 33.5 Å². The van der Waals surface area contributed by atoms with E-state index in [1.807, 2.05) is 19.3 Å². The maximum atomic E-state index is 15.3. The summed E-state index contributed by atoms with van der Waals surface area (Å²) in [6, 6.07) is 8.90. The Hall–Kier alpha value is -5.50. The van der Waals surface area contributed by atoms with Crippen LogP contribution in [0.1, 0.15) is 10.4 Å². The summed E-state index contributed by atoms with van der Waals surface area (Å²) in [5.41, 5.74) is 3.08. The number of anilines is 3. The number of carbonyl (C=O) groups is 2. The van der Waals surface area contributed by atoms with Crippen molar-refractivity contribution >= 4 is 40.2 Å². The van der Waals surface area contributed by atoms with Gasteiger partial charge in [0.25, 0.3) is 5.91 Å². The van der Waals surface area contributed by atoms with E-state index in [0.29, 0.717) is 48.7 Å².